The predicted molar refractivity (Wildman–Crippen MR) is 85.4 cm³/mol. The molecule has 0 aliphatic heterocycles. The molecule has 0 aliphatic carbocycles. The van der Waals surface area contributed by atoms with E-state index in [1.54, 1.807) is 0 Å². The third-order valence-electron chi connectivity index (χ3n) is 3.32. The molecule has 0 radical (unpaired) electrons. The molecule has 2 aromatic carbocycles. The Bertz CT molecular complexity index is 469. The number of hydrogen-bond acceptors (Lipinski definition) is 2. The van der Waals surface area contributed by atoms with Crippen LogP contribution in [0.15, 0.2) is 60.7 Å². The van der Waals surface area contributed by atoms with Crippen LogP contribution < -0.4 is 0 Å². The van der Waals surface area contributed by atoms with Crippen molar-refractivity contribution in [3.63, 3.8) is 0 Å². The van der Waals surface area contributed by atoms with Gasteiger partial charge in [0.15, 0.2) is 0 Å². The van der Waals surface area contributed by atoms with E-state index in [0.717, 1.165) is 19.4 Å². The molecular formula is C17H21NS. The summed E-state index contributed by atoms with van der Waals surface area (Å²) in [4.78, 5) is 2.29. The number of rotatable bonds is 6. The molecule has 0 bridgehead atoms. The summed E-state index contributed by atoms with van der Waals surface area (Å²) in [5, 5.41) is 0.292. The molecule has 0 amide bonds. The Labute approximate surface area is 121 Å². The Balaban J connectivity index is 1.81. The van der Waals surface area contributed by atoms with Gasteiger partial charge in [-0.1, -0.05) is 60.7 Å². The van der Waals surface area contributed by atoms with E-state index < -0.39 is 0 Å². The molecule has 19 heavy (non-hydrogen) atoms. The van der Waals surface area contributed by atoms with E-state index in [2.05, 4.69) is 72.6 Å². The second-order valence-corrected chi connectivity index (χ2v) is 5.50. The van der Waals surface area contributed by atoms with Crippen LogP contribution in [-0.4, -0.2) is 17.3 Å². The molecule has 2 rings (SSSR count). The molecule has 1 atom stereocenters. The van der Waals surface area contributed by atoms with Gasteiger partial charge in [-0.2, -0.15) is 12.6 Å². The fourth-order valence-corrected chi connectivity index (χ4v) is 2.35. The van der Waals surface area contributed by atoms with Gasteiger partial charge in [0.2, 0.25) is 0 Å². The molecule has 1 nitrogen and oxygen atoms in total. The average Bonchev–Trinajstić information content (AvgIpc) is 2.47. The van der Waals surface area contributed by atoms with Gasteiger partial charge in [0.25, 0.3) is 0 Å². The predicted octanol–water partition coefficient (Wildman–Crippen LogP) is 4.01. The zero-order valence-corrected chi connectivity index (χ0v) is 12.3. The Hall–Kier alpha value is -1.25. The molecule has 0 heterocycles. The highest BCUT2D eigenvalue weighted by atomic mass is 32.1. The average molecular weight is 271 g/mol. The third-order valence-corrected chi connectivity index (χ3v) is 3.97. The second kappa shape index (κ2) is 7.37. The lowest BCUT2D eigenvalue weighted by atomic mass is 10.1. The van der Waals surface area contributed by atoms with Crippen LogP contribution in [0.2, 0.25) is 0 Å². The third kappa shape index (κ3) is 4.73. The Morgan fingerprint density at radius 3 is 2.00 bits per heavy atom. The summed E-state index contributed by atoms with van der Waals surface area (Å²) in [6.45, 7) is 0.948. The van der Waals surface area contributed by atoms with Gasteiger partial charge in [-0.25, -0.2) is 0 Å². The lowest BCUT2D eigenvalue weighted by Gasteiger charge is -2.24. The minimum Gasteiger partial charge on any atom is -0.290 e. The van der Waals surface area contributed by atoms with Gasteiger partial charge in [-0.05, 0) is 31.0 Å². The summed E-state index contributed by atoms with van der Waals surface area (Å²) in [6.07, 6.45) is 2.14. The van der Waals surface area contributed by atoms with Gasteiger partial charge in [-0.15, -0.1) is 0 Å². The SMILES string of the molecule is CN(Cc1ccccc1)C(S)CCc1ccccc1. The summed E-state index contributed by atoms with van der Waals surface area (Å²) in [5.41, 5.74) is 2.72. The van der Waals surface area contributed by atoms with Gasteiger partial charge >= 0.3 is 0 Å². The number of nitrogens with zero attached hydrogens (tertiary/aromatic N) is 1. The van der Waals surface area contributed by atoms with Crippen molar-refractivity contribution >= 4 is 12.6 Å². The molecule has 0 spiro atoms. The van der Waals surface area contributed by atoms with E-state index in [0.29, 0.717) is 5.37 Å². The molecule has 0 aromatic heterocycles. The molecule has 0 saturated carbocycles. The summed E-state index contributed by atoms with van der Waals surface area (Å²) in [6, 6.07) is 21.1. The highest BCUT2D eigenvalue weighted by Gasteiger charge is 2.10. The van der Waals surface area contributed by atoms with Gasteiger partial charge in [-0.3, -0.25) is 4.90 Å². The zero-order chi connectivity index (χ0) is 13.5. The Morgan fingerprint density at radius 2 is 1.42 bits per heavy atom. The lowest BCUT2D eigenvalue weighted by Crippen LogP contribution is -2.27. The van der Waals surface area contributed by atoms with Gasteiger partial charge < -0.3 is 0 Å². The minimum absolute atomic E-state index is 0.292. The molecule has 0 saturated heterocycles. The topological polar surface area (TPSA) is 3.24 Å². The minimum atomic E-state index is 0.292. The van der Waals surface area contributed by atoms with Crippen molar-refractivity contribution in [3.05, 3.63) is 71.8 Å². The largest absolute Gasteiger partial charge is 0.290 e. The molecule has 0 fully saturated rings. The molecule has 2 aromatic rings. The fourth-order valence-electron chi connectivity index (χ4n) is 2.14. The molecule has 0 N–H and O–H groups in total. The van der Waals surface area contributed by atoms with Crippen LogP contribution in [0.1, 0.15) is 17.5 Å². The highest BCUT2D eigenvalue weighted by Crippen LogP contribution is 2.14. The van der Waals surface area contributed by atoms with Crippen molar-refractivity contribution in [2.75, 3.05) is 7.05 Å². The molecular weight excluding hydrogens is 250 g/mol. The fraction of sp³-hybridized carbons (Fsp3) is 0.294. The van der Waals surface area contributed by atoms with Crippen molar-refractivity contribution < 1.29 is 0 Å². The van der Waals surface area contributed by atoms with E-state index in [-0.39, 0.29) is 0 Å². The Morgan fingerprint density at radius 1 is 0.895 bits per heavy atom. The Kier molecular flexibility index (Phi) is 5.49. The first kappa shape index (κ1) is 14.2. The summed E-state index contributed by atoms with van der Waals surface area (Å²) >= 11 is 4.71. The number of hydrogen-bond donors (Lipinski definition) is 1. The number of thiol groups is 1. The normalized spacial score (nSPS) is 12.6. The lowest BCUT2D eigenvalue weighted by molar-refractivity contribution is 0.296. The molecule has 100 valence electrons. The van der Waals surface area contributed by atoms with Crippen LogP contribution in [0.25, 0.3) is 0 Å². The van der Waals surface area contributed by atoms with Crippen molar-refractivity contribution in [1.29, 1.82) is 0 Å². The van der Waals surface area contributed by atoms with Crippen LogP contribution in [-0.2, 0) is 13.0 Å². The van der Waals surface area contributed by atoms with Crippen molar-refractivity contribution in [1.82, 2.24) is 4.90 Å². The van der Waals surface area contributed by atoms with E-state index in [4.69, 9.17) is 12.6 Å². The molecule has 0 aliphatic rings. The van der Waals surface area contributed by atoms with Crippen molar-refractivity contribution in [2.45, 2.75) is 24.8 Å². The molecule has 1 unspecified atom stereocenters. The van der Waals surface area contributed by atoms with E-state index in [1.807, 2.05) is 0 Å². The first-order valence-corrected chi connectivity index (χ1v) is 7.23. The van der Waals surface area contributed by atoms with E-state index in [9.17, 15) is 0 Å². The second-order valence-electron chi connectivity index (χ2n) is 4.91. The van der Waals surface area contributed by atoms with Gasteiger partial charge in [0.05, 0.1) is 5.37 Å². The monoisotopic (exact) mass is 271 g/mol. The van der Waals surface area contributed by atoms with Crippen LogP contribution in [0.5, 0.6) is 0 Å². The van der Waals surface area contributed by atoms with E-state index >= 15 is 0 Å². The first-order chi connectivity index (χ1) is 9.25. The van der Waals surface area contributed by atoms with Crippen molar-refractivity contribution in [2.24, 2.45) is 0 Å². The highest BCUT2D eigenvalue weighted by molar-refractivity contribution is 7.80. The van der Waals surface area contributed by atoms with Crippen LogP contribution >= 0.6 is 12.6 Å². The molecule has 2 heteroatoms. The number of aryl methyl sites for hydroxylation is 1. The van der Waals surface area contributed by atoms with Crippen LogP contribution in [0.3, 0.4) is 0 Å². The number of benzene rings is 2. The first-order valence-electron chi connectivity index (χ1n) is 6.72. The van der Waals surface area contributed by atoms with Gasteiger partial charge in [0.1, 0.15) is 0 Å². The quantitative estimate of drug-likeness (QED) is 0.614. The summed E-state index contributed by atoms with van der Waals surface area (Å²) < 4.78 is 0. The smallest absolute Gasteiger partial charge is 0.0531 e. The summed E-state index contributed by atoms with van der Waals surface area (Å²) in [7, 11) is 2.13. The van der Waals surface area contributed by atoms with Gasteiger partial charge in [0, 0.05) is 6.54 Å². The maximum atomic E-state index is 4.71. The maximum Gasteiger partial charge on any atom is 0.0531 e. The zero-order valence-electron chi connectivity index (χ0n) is 11.4. The summed E-state index contributed by atoms with van der Waals surface area (Å²) in [5.74, 6) is 0. The standard InChI is InChI=1S/C17H21NS/c1-18(14-16-10-6-3-7-11-16)17(19)13-12-15-8-4-2-5-9-15/h2-11,17,19H,12-14H2,1H3. The van der Waals surface area contributed by atoms with Crippen LogP contribution in [0.4, 0.5) is 0 Å². The van der Waals surface area contributed by atoms with Crippen molar-refractivity contribution in [3.8, 4) is 0 Å². The maximum absolute atomic E-state index is 4.71. The van der Waals surface area contributed by atoms with Crippen LogP contribution in [0, 0.1) is 0 Å². The van der Waals surface area contributed by atoms with E-state index in [1.165, 1.54) is 11.1 Å².